The minimum atomic E-state index is -1.18. The van der Waals surface area contributed by atoms with Crippen LogP contribution in [0.1, 0.15) is 63.9 Å². The quantitative estimate of drug-likeness (QED) is 0.342. The minimum Gasteiger partial charge on any atom is -1.00 e. The van der Waals surface area contributed by atoms with Crippen LogP contribution in [0.25, 0.3) is 0 Å². The molecule has 3 aliphatic rings. The van der Waals surface area contributed by atoms with Crippen LogP contribution in [0.3, 0.4) is 0 Å². The molecule has 0 aliphatic heterocycles. The first kappa shape index (κ1) is 20.8. The Kier molecular flexibility index (Phi) is 6.07. The topological polar surface area (TPSA) is 83.8 Å². The van der Waals surface area contributed by atoms with E-state index < -0.39 is 18.4 Å². The molecule has 0 radical (unpaired) electrons. The van der Waals surface area contributed by atoms with Gasteiger partial charge in [0.2, 0.25) is 0 Å². The van der Waals surface area contributed by atoms with Gasteiger partial charge < -0.3 is 16.4 Å². The van der Waals surface area contributed by atoms with E-state index in [1.807, 2.05) is 6.07 Å². The van der Waals surface area contributed by atoms with Gasteiger partial charge in [0.05, 0.1) is 6.10 Å². The summed E-state index contributed by atoms with van der Waals surface area (Å²) in [5.41, 5.74) is 2.64. The largest absolute Gasteiger partial charge is 1.00 e. The number of rotatable bonds is 3. The van der Waals surface area contributed by atoms with Crippen LogP contribution in [-0.2, 0) is 16.0 Å². The zero-order valence-corrected chi connectivity index (χ0v) is 18.1. The molecule has 3 aliphatic carbocycles. The van der Waals surface area contributed by atoms with E-state index in [1.54, 1.807) is 6.07 Å². The van der Waals surface area contributed by atoms with Crippen molar-refractivity contribution in [2.24, 2.45) is 17.3 Å². The Morgan fingerprint density at radius 2 is 2.04 bits per heavy atom. The Morgan fingerprint density at radius 1 is 1.26 bits per heavy atom. The SMILES string of the molecule is C[C@]12CC[C@@H]3c4ccc(OC(=O)CC(=O)O)cc4CC[C@H]3[C@@H]1CC[C@H]2O.[H-].[Na+]. The van der Waals surface area contributed by atoms with Gasteiger partial charge in [0.25, 0.3) is 0 Å². The van der Waals surface area contributed by atoms with Crippen molar-refractivity contribution in [2.45, 2.75) is 63.9 Å². The third kappa shape index (κ3) is 3.71. The summed E-state index contributed by atoms with van der Waals surface area (Å²) in [5, 5.41) is 19.1. The van der Waals surface area contributed by atoms with Crippen LogP contribution in [-0.4, -0.2) is 28.3 Å². The average molecular weight is 382 g/mol. The van der Waals surface area contributed by atoms with E-state index >= 15 is 0 Å². The summed E-state index contributed by atoms with van der Waals surface area (Å²) in [6.45, 7) is 2.27. The second-order valence-electron chi connectivity index (χ2n) is 8.46. The van der Waals surface area contributed by atoms with Crippen LogP contribution in [0, 0.1) is 17.3 Å². The Hall–Kier alpha value is -0.880. The molecule has 0 unspecified atom stereocenters. The summed E-state index contributed by atoms with van der Waals surface area (Å²) in [5.74, 6) is 0.256. The van der Waals surface area contributed by atoms with Gasteiger partial charge in [-0.25, -0.2) is 0 Å². The standard InChI is InChI=1S/C21H26O5.Na.H/c1-21-9-8-15-14-5-3-13(26-20(25)11-19(23)24)10-12(14)2-4-16(15)17(21)6-7-18(21)22;;/h3,5,10,15-18,22H,2,4,6-9,11H2,1H3,(H,23,24);;/q;+1;-1/t15-,16-,17+,18-,21+;;/m1../s1. The van der Waals surface area contributed by atoms with Crippen molar-refractivity contribution in [1.29, 1.82) is 0 Å². The number of carboxylic acids is 1. The van der Waals surface area contributed by atoms with E-state index in [0.717, 1.165) is 38.5 Å². The molecule has 0 amide bonds. The number of aliphatic carboxylic acids is 1. The van der Waals surface area contributed by atoms with Gasteiger partial charge in [-0.3, -0.25) is 9.59 Å². The van der Waals surface area contributed by atoms with Gasteiger partial charge in [-0.2, -0.15) is 0 Å². The Morgan fingerprint density at radius 3 is 2.78 bits per heavy atom. The van der Waals surface area contributed by atoms with Gasteiger partial charge in [0.15, 0.2) is 0 Å². The van der Waals surface area contributed by atoms with Gasteiger partial charge in [-0.05, 0) is 85.0 Å². The number of hydrogen-bond donors (Lipinski definition) is 2. The second-order valence-corrected chi connectivity index (χ2v) is 8.46. The summed E-state index contributed by atoms with van der Waals surface area (Å²) < 4.78 is 5.17. The van der Waals surface area contributed by atoms with E-state index in [0.29, 0.717) is 23.5 Å². The van der Waals surface area contributed by atoms with Gasteiger partial charge in [0, 0.05) is 0 Å². The number of benzene rings is 1. The summed E-state index contributed by atoms with van der Waals surface area (Å²) >= 11 is 0. The molecule has 142 valence electrons. The van der Waals surface area contributed by atoms with Crippen LogP contribution in [0.15, 0.2) is 18.2 Å². The zero-order valence-electron chi connectivity index (χ0n) is 17.1. The molecule has 4 rings (SSSR count). The number of aryl methyl sites for hydroxylation is 1. The number of carbonyl (C=O) groups is 2. The number of aliphatic hydroxyl groups is 1. The molecule has 0 spiro atoms. The molecule has 0 aromatic heterocycles. The Balaban J connectivity index is 0.00000140. The first-order valence-electron chi connectivity index (χ1n) is 9.62. The Labute approximate surface area is 183 Å². The molecule has 2 saturated carbocycles. The molecule has 2 N–H and O–H groups in total. The molecule has 27 heavy (non-hydrogen) atoms. The monoisotopic (exact) mass is 382 g/mol. The maximum atomic E-state index is 11.6. The van der Waals surface area contributed by atoms with Crippen LogP contribution in [0.5, 0.6) is 5.75 Å². The molecule has 5 atom stereocenters. The van der Waals surface area contributed by atoms with E-state index in [4.69, 9.17) is 9.84 Å². The first-order valence-corrected chi connectivity index (χ1v) is 9.62. The van der Waals surface area contributed by atoms with E-state index in [-0.39, 0.29) is 42.5 Å². The van der Waals surface area contributed by atoms with E-state index in [2.05, 4.69) is 13.0 Å². The second kappa shape index (κ2) is 7.86. The van der Waals surface area contributed by atoms with Crippen molar-refractivity contribution >= 4 is 11.9 Å². The van der Waals surface area contributed by atoms with Crippen molar-refractivity contribution in [3.63, 3.8) is 0 Å². The molecule has 6 heteroatoms. The fraction of sp³-hybridized carbons (Fsp3) is 0.619. The van der Waals surface area contributed by atoms with Gasteiger partial charge in [-0.1, -0.05) is 13.0 Å². The maximum absolute atomic E-state index is 11.6. The predicted octanol–water partition coefficient (Wildman–Crippen LogP) is 0.400. The molecule has 5 nitrogen and oxygen atoms in total. The Bertz CT molecular complexity index is 754. The maximum Gasteiger partial charge on any atom is 1.00 e. The number of carbonyl (C=O) groups excluding carboxylic acids is 1. The van der Waals surface area contributed by atoms with Gasteiger partial charge in [0.1, 0.15) is 12.2 Å². The van der Waals surface area contributed by atoms with Crippen molar-refractivity contribution in [1.82, 2.24) is 0 Å². The van der Waals surface area contributed by atoms with Crippen molar-refractivity contribution in [3.8, 4) is 5.75 Å². The van der Waals surface area contributed by atoms with E-state index in [1.165, 1.54) is 11.1 Å². The van der Waals surface area contributed by atoms with Gasteiger partial charge >= 0.3 is 41.5 Å². The number of aliphatic hydroxyl groups excluding tert-OH is 1. The predicted molar refractivity (Wildman–Crippen MR) is 96.1 cm³/mol. The average Bonchev–Trinajstić information content (AvgIpc) is 2.89. The summed E-state index contributed by atoms with van der Waals surface area (Å²) in [4.78, 5) is 22.2. The normalized spacial score (nSPS) is 33.9. The van der Waals surface area contributed by atoms with Gasteiger partial charge in [-0.15, -0.1) is 0 Å². The first-order chi connectivity index (χ1) is 12.4. The number of ether oxygens (including phenoxy) is 1. The third-order valence-corrected chi connectivity index (χ3v) is 7.18. The molecule has 0 saturated heterocycles. The molecule has 1 aromatic carbocycles. The van der Waals surface area contributed by atoms with Crippen LogP contribution >= 0.6 is 0 Å². The van der Waals surface area contributed by atoms with Crippen LogP contribution in [0.2, 0.25) is 0 Å². The summed E-state index contributed by atoms with van der Waals surface area (Å²) in [6, 6.07) is 5.75. The molecule has 0 heterocycles. The van der Waals surface area contributed by atoms with Crippen LogP contribution in [0.4, 0.5) is 0 Å². The fourth-order valence-corrected chi connectivity index (χ4v) is 5.89. The molecule has 1 aromatic rings. The summed E-state index contributed by atoms with van der Waals surface area (Å²) in [6.07, 6.45) is 5.49. The van der Waals surface area contributed by atoms with Crippen molar-refractivity contribution in [3.05, 3.63) is 29.3 Å². The number of carboxylic acid groups (broad SMARTS) is 1. The zero-order chi connectivity index (χ0) is 18.5. The van der Waals surface area contributed by atoms with Crippen molar-refractivity contribution < 1.29 is 55.5 Å². The molecular formula is C21H27NaO5. The number of hydrogen-bond acceptors (Lipinski definition) is 4. The number of esters is 1. The van der Waals surface area contributed by atoms with Crippen molar-refractivity contribution in [2.75, 3.05) is 0 Å². The fourth-order valence-electron chi connectivity index (χ4n) is 5.89. The molecular weight excluding hydrogens is 355 g/mol. The van der Waals surface area contributed by atoms with E-state index in [9.17, 15) is 14.7 Å². The molecule has 0 bridgehead atoms. The molecule has 2 fully saturated rings. The van der Waals surface area contributed by atoms with Crippen LogP contribution < -0.4 is 34.3 Å². The smallest absolute Gasteiger partial charge is 1.00 e. The minimum absolute atomic E-state index is 0. The summed E-state index contributed by atoms with van der Waals surface area (Å²) in [7, 11) is 0. The number of fused-ring (bicyclic) bond motifs is 5. The third-order valence-electron chi connectivity index (χ3n) is 7.18.